The summed E-state index contributed by atoms with van der Waals surface area (Å²) in [5.74, 6) is -1.56. The van der Waals surface area contributed by atoms with Gasteiger partial charge in [0, 0.05) is 23.2 Å². The summed E-state index contributed by atoms with van der Waals surface area (Å²) in [5.41, 5.74) is 1.80. The lowest BCUT2D eigenvalue weighted by molar-refractivity contribution is -0.274. The highest BCUT2D eigenvalue weighted by Gasteiger charge is 2.31. The van der Waals surface area contributed by atoms with Crippen molar-refractivity contribution in [3.05, 3.63) is 89.7 Å². The van der Waals surface area contributed by atoms with Crippen LogP contribution in [0.15, 0.2) is 73.1 Å². The fourth-order valence-electron chi connectivity index (χ4n) is 3.36. The largest absolute Gasteiger partial charge is 0.573 e. The maximum atomic E-state index is 12.5. The number of carbonyl (C=O) groups excluding carboxylic acids is 1. The maximum absolute atomic E-state index is 12.5. The third-order valence-corrected chi connectivity index (χ3v) is 4.89. The number of carboxylic acids is 1. The summed E-state index contributed by atoms with van der Waals surface area (Å²) in [6.45, 7) is 0.316. The molecule has 0 atom stereocenters. The Morgan fingerprint density at radius 1 is 0.971 bits per heavy atom. The van der Waals surface area contributed by atoms with Gasteiger partial charge in [-0.15, -0.1) is 13.2 Å². The first-order valence-electron chi connectivity index (χ1n) is 10.2. The lowest BCUT2D eigenvalue weighted by Gasteiger charge is -2.11. The number of aromatic nitrogens is 2. The highest BCUT2D eigenvalue weighted by molar-refractivity contribution is 6.05. The van der Waals surface area contributed by atoms with Crippen LogP contribution in [0.5, 0.6) is 5.75 Å². The fourth-order valence-corrected chi connectivity index (χ4v) is 3.36. The molecule has 1 amide bonds. The minimum absolute atomic E-state index is 0.0654. The highest BCUT2D eigenvalue weighted by atomic mass is 19.4. The Labute approximate surface area is 196 Å². The molecule has 1 aromatic heterocycles. The summed E-state index contributed by atoms with van der Waals surface area (Å²) in [4.78, 5) is 32.2. The zero-order valence-corrected chi connectivity index (χ0v) is 17.8. The minimum atomic E-state index is -4.81. The monoisotopic (exact) mass is 482 g/mol. The molecule has 0 aliphatic carbocycles. The number of carboxylic acid groups (broad SMARTS) is 1. The van der Waals surface area contributed by atoms with Gasteiger partial charge in [-0.2, -0.15) is 0 Å². The SMILES string of the molecule is O=C(Nc1cccc(CNc2ncnc3c(C(=O)O)cccc23)c1)c1ccc(OC(F)(F)F)cc1. The first kappa shape index (κ1) is 23.5. The topological polar surface area (TPSA) is 113 Å². The summed E-state index contributed by atoms with van der Waals surface area (Å²) >= 11 is 0. The number of nitrogens with one attached hydrogen (secondary N) is 2. The molecular weight excluding hydrogens is 465 g/mol. The second-order valence-corrected chi connectivity index (χ2v) is 7.31. The highest BCUT2D eigenvalue weighted by Crippen LogP contribution is 2.24. The number of hydrogen-bond acceptors (Lipinski definition) is 6. The maximum Gasteiger partial charge on any atom is 0.573 e. The average molecular weight is 482 g/mol. The molecule has 0 aliphatic rings. The van der Waals surface area contributed by atoms with Crippen LogP contribution in [0.4, 0.5) is 24.7 Å². The molecule has 0 radical (unpaired) electrons. The van der Waals surface area contributed by atoms with Crippen molar-refractivity contribution in [2.24, 2.45) is 0 Å². The van der Waals surface area contributed by atoms with E-state index >= 15 is 0 Å². The molecule has 8 nitrogen and oxygen atoms in total. The molecule has 3 aromatic carbocycles. The number of anilines is 2. The summed E-state index contributed by atoms with van der Waals surface area (Å²) in [6.07, 6.45) is -3.53. The Morgan fingerprint density at radius 2 is 1.71 bits per heavy atom. The van der Waals surface area contributed by atoms with Gasteiger partial charge in [0.25, 0.3) is 5.91 Å². The van der Waals surface area contributed by atoms with Crippen LogP contribution in [0.1, 0.15) is 26.3 Å². The number of alkyl halides is 3. The van der Waals surface area contributed by atoms with Crippen LogP contribution in [-0.4, -0.2) is 33.3 Å². The lowest BCUT2D eigenvalue weighted by atomic mass is 10.1. The van der Waals surface area contributed by atoms with Gasteiger partial charge in [0.1, 0.15) is 17.9 Å². The molecule has 178 valence electrons. The number of rotatable bonds is 7. The van der Waals surface area contributed by atoms with Gasteiger partial charge in [-0.3, -0.25) is 4.79 Å². The van der Waals surface area contributed by atoms with Gasteiger partial charge in [0.15, 0.2) is 0 Å². The van der Waals surface area contributed by atoms with Gasteiger partial charge >= 0.3 is 12.3 Å². The van der Waals surface area contributed by atoms with Crippen molar-refractivity contribution in [2.45, 2.75) is 12.9 Å². The van der Waals surface area contributed by atoms with E-state index in [-0.39, 0.29) is 11.1 Å². The number of halogens is 3. The number of aromatic carboxylic acids is 1. The van der Waals surface area contributed by atoms with Gasteiger partial charge in [0.05, 0.1) is 11.1 Å². The Morgan fingerprint density at radius 3 is 2.43 bits per heavy atom. The molecule has 0 saturated heterocycles. The molecule has 4 rings (SSSR count). The van der Waals surface area contributed by atoms with Crippen LogP contribution in [0, 0.1) is 0 Å². The molecule has 0 fully saturated rings. The second-order valence-electron chi connectivity index (χ2n) is 7.31. The molecule has 0 unspecified atom stereocenters. The summed E-state index contributed by atoms with van der Waals surface area (Å²) in [7, 11) is 0. The molecule has 11 heteroatoms. The van der Waals surface area contributed by atoms with Gasteiger partial charge in [-0.25, -0.2) is 14.8 Å². The number of fused-ring (bicyclic) bond motifs is 1. The average Bonchev–Trinajstić information content (AvgIpc) is 2.82. The van der Waals surface area contributed by atoms with Crippen molar-refractivity contribution in [3.63, 3.8) is 0 Å². The number of hydrogen-bond donors (Lipinski definition) is 3. The second kappa shape index (κ2) is 9.67. The molecular formula is C24H17F3N4O4. The van der Waals surface area contributed by atoms with E-state index in [1.165, 1.54) is 24.5 Å². The first-order valence-corrected chi connectivity index (χ1v) is 10.2. The number of carbonyl (C=O) groups is 2. The fraction of sp³-hybridized carbons (Fsp3) is 0.0833. The molecule has 1 heterocycles. The number of nitrogens with zero attached hydrogens (tertiary/aromatic N) is 2. The summed E-state index contributed by atoms with van der Waals surface area (Å²) < 4.78 is 40.7. The zero-order chi connectivity index (χ0) is 25.0. The van der Waals surface area contributed by atoms with Crippen LogP contribution in [0.3, 0.4) is 0 Å². The van der Waals surface area contributed by atoms with Crippen molar-refractivity contribution >= 4 is 34.3 Å². The van der Waals surface area contributed by atoms with E-state index in [1.807, 2.05) is 6.07 Å². The molecule has 0 spiro atoms. The van der Waals surface area contributed by atoms with Crippen LogP contribution in [0.25, 0.3) is 10.9 Å². The van der Waals surface area contributed by atoms with Crippen LogP contribution >= 0.6 is 0 Å². The number of para-hydroxylation sites is 1. The Kier molecular flexibility index (Phi) is 6.49. The lowest BCUT2D eigenvalue weighted by Crippen LogP contribution is -2.17. The quantitative estimate of drug-likeness (QED) is 0.336. The van der Waals surface area contributed by atoms with Crippen LogP contribution in [-0.2, 0) is 6.54 Å². The summed E-state index contributed by atoms with van der Waals surface area (Å²) in [5, 5.41) is 15.7. The molecule has 0 bridgehead atoms. The number of amides is 1. The Bertz CT molecular complexity index is 1390. The molecule has 3 N–H and O–H groups in total. The molecule has 4 aromatic rings. The van der Waals surface area contributed by atoms with E-state index in [2.05, 4.69) is 25.3 Å². The first-order chi connectivity index (χ1) is 16.7. The van der Waals surface area contributed by atoms with Crippen molar-refractivity contribution in [1.29, 1.82) is 0 Å². The van der Waals surface area contributed by atoms with Gasteiger partial charge in [-0.05, 0) is 54.1 Å². The van der Waals surface area contributed by atoms with Gasteiger partial charge in [0.2, 0.25) is 0 Å². The predicted molar refractivity (Wildman–Crippen MR) is 121 cm³/mol. The molecule has 35 heavy (non-hydrogen) atoms. The van der Waals surface area contributed by atoms with E-state index in [0.29, 0.717) is 29.0 Å². The normalized spacial score (nSPS) is 11.2. The summed E-state index contributed by atoms with van der Waals surface area (Å²) in [6, 6.07) is 16.3. The van der Waals surface area contributed by atoms with Crippen molar-refractivity contribution in [2.75, 3.05) is 10.6 Å². The van der Waals surface area contributed by atoms with Crippen molar-refractivity contribution in [3.8, 4) is 5.75 Å². The van der Waals surface area contributed by atoms with E-state index in [1.54, 1.807) is 30.3 Å². The zero-order valence-electron chi connectivity index (χ0n) is 17.8. The third-order valence-electron chi connectivity index (χ3n) is 4.89. The molecule has 0 saturated carbocycles. The van der Waals surface area contributed by atoms with Crippen molar-refractivity contribution in [1.82, 2.24) is 9.97 Å². The third kappa shape index (κ3) is 5.82. The number of ether oxygens (including phenoxy) is 1. The number of benzene rings is 3. The minimum Gasteiger partial charge on any atom is -0.478 e. The van der Waals surface area contributed by atoms with E-state index in [0.717, 1.165) is 17.7 Å². The van der Waals surface area contributed by atoms with Crippen LogP contribution in [0.2, 0.25) is 0 Å². The predicted octanol–water partition coefficient (Wildman–Crippen LogP) is 5.09. The van der Waals surface area contributed by atoms with Gasteiger partial charge < -0.3 is 20.5 Å². The van der Waals surface area contributed by atoms with Crippen LogP contribution < -0.4 is 15.4 Å². The Hall–Kier alpha value is -4.67. The van der Waals surface area contributed by atoms with E-state index in [9.17, 15) is 27.9 Å². The molecule has 0 aliphatic heterocycles. The standard InChI is InChI=1S/C24H17F3N4O4/c25-24(26,27)35-17-9-7-15(8-10-17)22(32)31-16-4-1-3-14(11-16)12-28-21-18-5-2-6-19(23(33)34)20(18)29-13-30-21/h1-11,13H,12H2,(H,31,32)(H,33,34)(H,28,29,30). The van der Waals surface area contributed by atoms with E-state index in [4.69, 9.17) is 0 Å². The van der Waals surface area contributed by atoms with Gasteiger partial charge in [-0.1, -0.05) is 18.2 Å². The smallest absolute Gasteiger partial charge is 0.478 e. The van der Waals surface area contributed by atoms with E-state index < -0.39 is 24.0 Å². The Balaban J connectivity index is 1.44. The van der Waals surface area contributed by atoms with Crippen molar-refractivity contribution < 1.29 is 32.6 Å².